The highest BCUT2D eigenvalue weighted by Gasteiger charge is 2.26. The molecule has 0 fully saturated rings. The molecule has 0 aromatic carbocycles. The van der Waals surface area contributed by atoms with Gasteiger partial charge in [-0.05, 0) is 6.42 Å². The Morgan fingerprint density at radius 3 is 1.80 bits per heavy atom. The van der Waals surface area contributed by atoms with Crippen LogP contribution in [0.3, 0.4) is 0 Å². The lowest BCUT2D eigenvalue weighted by Gasteiger charge is -2.30. The average molecular weight is 146 g/mol. The van der Waals surface area contributed by atoms with Crippen molar-refractivity contribution in [2.45, 2.75) is 32.1 Å². The Bertz CT molecular complexity index is 96.4. The van der Waals surface area contributed by atoms with Crippen molar-refractivity contribution in [3.8, 4) is 0 Å². The molecule has 4 nitrogen and oxygen atoms in total. The molecular formula is C6H18N4. The van der Waals surface area contributed by atoms with Crippen LogP contribution in [0.1, 0.15) is 20.3 Å². The van der Waals surface area contributed by atoms with Crippen molar-refractivity contribution >= 4 is 0 Å². The van der Waals surface area contributed by atoms with Gasteiger partial charge in [0.1, 0.15) is 5.79 Å². The van der Waals surface area contributed by atoms with Gasteiger partial charge in [0.25, 0.3) is 0 Å². The molecule has 0 heterocycles. The number of hydrogen-bond donors (Lipinski definition) is 4. The molecule has 0 aromatic heterocycles. The zero-order valence-electron chi connectivity index (χ0n) is 6.67. The van der Waals surface area contributed by atoms with E-state index >= 15 is 0 Å². The second kappa shape index (κ2) is 3.30. The van der Waals surface area contributed by atoms with Crippen molar-refractivity contribution in [1.29, 1.82) is 0 Å². The van der Waals surface area contributed by atoms with Crippen molar-refractivity contribution < 1.29 is 0 Å². The molecule has 0 saturated heterocycles. The molecule has 0 bridgehead atoms. The number of rotatable bonds is 3. The Hall–Kier alpha value is -0.160. The van der Waals surface area contributed by atoms with E-state index in [-0.39, 0.29) is 12.0 Å². The first-order valence-electron chi connectivity index (χ1n) is 3.51. The van der Waals surface area contributed by atoms with Crippen LogP contribution in [0.2, 0.25) is 0 Å². The number of hydrogen-bond acceptors (Lipinski definition) is 4. The Balaban J connectivity index is 3.94. The van der Waals surface area contributed by atoms with Gasteiger partial charge in [-0.1, -0.05) is 13.8 Å². The van der Waals surface area contributed by atoms with Gasteiger partial charge in [-0.2, -0.15) is 0 Å². The Labute approximate surface area is 61.9 Å². The van der Waals surface area contributed by atoms with Crippen LogP contribution in [0.25, 0.3) is 0 Å². The van der Waals surface area contributed by atoms with E-state index in [0.29, 0.717) is 0 Å². The molecule has 62 valence electrons. The summed E-state index contributed by atoms with van der Waals surface area (Å²) in [6.07, 6.45) is 0.842. The predicted octanol–water partition coefficient (Wildman–Crippen LogP) is -1.11. The van der Waals surface area contributed by atoms with E-state index in [1.165, 1.54) is 0 Å². The summed E-state index contributed by atoms with van der Waals surface area (Å²) < 4.78 is 0. The maximum absolute atomic E-state index is 5.66. The van der Waals surface area contributed by atoms with Gasteiger partial charge in [-0.15, -0.1) is 0 Å². The summed E-state index contributed by atoms with van der Waals surface area (Å²) in [5, 5.41) is 0. The van der Waals surface area contributed by atoms with Crippen LogP contribution < -0.4 is 22.9 Å². The van der Waals surface area contributed by atoms with Crippen LogP contribution in [0.5, 0.6) is 0 Å². The first kappa shape index (κ1) is 9.84. The van der Waals surface area contributed by atoms with Crippen LogP contribution in [0.4, 0.5) is 0 Å². The molecule has 0 saturated carbocycles. The van der Waals surface area contributed by atoms with Gasteiger partial charge < -0.3 is 22.9 Å². The summed E-state index contributed by atoms with van der Waals surface area (Å²) in [5.74, 6) is -1.20. The van der Waals surface area contributed by atoms with Crippen LogP contribution >= 0.6 is 0 Å². The molecule has 0 amide bonds. The van der Waals surface area contributed by atoms with E-state index in [1.54, 1.807) is 0 Å². The third-order valence-corrected chi connectivity index (χ3v) is 1.90. The molecule has 10 heavy (non-hydrogen) atoms. The maximum Gasteiger partial charge on any atom is 0.119 e. The Kier molecular flexibility index (Phi) is 3.24. The highest BCUT2D eigenvalue weighted by atomic mass is 15.1. The highest BCUT2D eigenvalue weighted by Crippen LogP contribution is 2.08. The molecular weight excluding hydrogens is 128 g/mol. The normalized spacial score (nSPS) is 18.6. The molecule has 0 aliphatic carbocycles. The third kappa shape index (κ3) is 2.62. The molecule has 0 aromatic rings. The first-order valence-corrected chi connectivity index (χ1v) is 3.51. The Morgan fingerprint density at radius 1 is 1.30 bits per heavy atom. The summed E-state index contributed by atoms with van der Waals surface area (Å²) in [5.41, 5.74) is 22.0. The van der Waals surface area contributed by atoms with Crippen LogP contribution in [0.15, 0.2) is 0 Å². The van der Waals surface area contributed by atoms with Crippen molar-refractivity contribution in [2.24, 2.45) is 28.9 Å². The summed E-state index contributed by atoms with van der Waals surface area (Å²) >= 11 is 0. The van der Waals surface area contributed by atoms with Crippen molar-refractivity contribution in [2.75, 3.05) is 0 Å². The zero-order valence-corrected chi connectivity index (χ0v) is 6.67. The van der Waals surface area contributed by atoms with E-state index in [2.05, 4.69) is 0 Å². The molecule has 0 aliphatic heterocycles. The van der Waals surface area contributed by atoms with Crippen molar-refractivity contribution in [3.05, 3.63) is 0 Å². The lowest BCUT2D eigenvalue weighted by Crippen LogP contribution is -2.66. The molecule has 0 spiro atoms. The molecule has 2 atom stereocenters. The summed E-state index contributed by atoms with van der Waals surface area (Å²) in [6.45, 7) is 3.83. The monoisotopic (exact) mass is 146 g/mol. The fourth-order valence-corrected chi connectivity index (χ4v) is 0.724. The second-order valence-corrected chi connectivity index (χ2v) is 2.86. The molecule has 0 rings (SSSR count). The fraction of sp³-hybridized carbons (Fsp3) is 1.00. The lowest BCUT2D eigenvalue weighted by molar-refractivity contribution is 0.259. The van der Waals surface area contributed by atoms with Crippen LogP contribution in [-0.4, -0.2) is 11.8 Å². The molecule has 0 radical (unpaired) electrons. The molecule has 2 unspecified atom stereocenters. The predicted molar refractivity (Wildman–Crippen MR) is 42.7 cm³/mol. The average Bonchev–Trinajstić information content (AvgIpc) is 1.83. The van der Waals surface area contributed by atoms with E-state index in [4.69, 9.17) is 22.9 Å². The van der Waals surface area contributed by atoms with Gasteiger partial charge in [0, 0.05) is 12.0 Å². The largest absolute Gasteiger partial charge is 0.327 e. The van der Waals surface area contributed by atoms with Crippen LogP contribution in [-0.2, 0) is 0 Å². The number of nitrogens with two attached hydrogens (primary N) is 4. The van der Waals surface area contributed by atoms with Crippen LogP contribution in [0, 0.1) is 5.92 Å². The summed E-state index contributed by atoms with van der Waals surface area (Å²) in [4.78, 5) is 0. The van der Waals surface area contributed by atoms with E-state index in [9.17, 15) is 0 Å². The van der Waals surface area contributed by atoms with Gasteiger partial charge in [0.05, 0.1) is 0 Å². The van der Waals surface area contributed by atoms with Gasteiger partial charge in [0.15, 0.2) is 0 Å². The van der Waals surface area contributed by atoms with E-state index in [0.717, 1.165) is 6.42 Å². The SMILES string of the molecule is CCC(N)C(C)C(N)(N)N. The highest BCUT2D eigenvalue weighted by molar-refractivity contribution is 4.82. The van der Waals surface area contributed by atoms with Crippen molar-refractivity contribution in [3.63, 3.8) is 0 Å². The van der Waals surface area contributed by atoms with Gasteiger partial charge in [0.2, 0.25) is 0 Å². The third-order valence-electron chi connectivity index (χ3n) is 1.90. The quantitative estimate of drug-likeness (QED) is 0.379. The smallest absolute Gasteiger partial charge is 0.119 e. The minimum Gasteiger partial charge on any atom is -0.327 e. The Morgan fingerprint density at radius 2 is 1.70 bits per heavy atom. The molecule has 8 N–H and O–H groups in total. The fourth-order valence-electron chi connectivity index (χ4n) is 0.724. The minimum atomic E-state index is -1.14. The summed E-state index contributed by atoms with van der Waals surface area (Å²) in [7, 11) is 0. The zero-order chi connectivity index (χ0) is 8.36. The second-order valence-electron chi connectivity index (χ2n) is 2.86. The molecule has 0 aliphatic rings. The minimum absolute atomic E-state index is 0.0139. The van der Waals surface area contributed by atoms with E-state index < -0.39 is 5.79 Å². The molecule has 4 heteroatoms. The van der Waals surface area contributed by atoms with Gasteiger partial charge >= 0.3 is 0 Å². The maximum atomic E-state index is 5.66. The first-order chi connectivity index (χ1) is 4.39. The lowest BCUT2D eigenvalue weighted by atomic mass is 9.94. The topological polar surface area (TPSA) is 104 Å². The standard InChI is InChI=1S/C6H18N4/c1-3-5(7)4(2)6(8,9)10/h4-5H,3,7-10H2,1-2H3. The van der Waals surface area contributed by atoms with E-state index in [1.807, 2.05) is 13.8 Å². The summed E-state index contributed by atoms with van der Waals surface area (Å²) in [6, 6.07) is -0.0139. The van der Waals surface area contributed by atoms with Gasteiger partial charge in [-0.3, -0.25) is 0 Å². The van der Waals surface area contributed by atoms with Gasteiger partial charge in [-0.25, -0.2) is 0 Å². The van der Waals surface area contributed by atoms with Crippen molar-refractivity contribution in [1.82, 2.24) is 0 Å².